The fraction of sp³-hybridized carbons (Fsp3) is 0.727. The van der Waals surface area contributed by atoms with Crippen LogP contribution < -0.4 is 5.32 Å². The molecule has 1 fully saturated rings. The van der Waals surface area contributed by atoms with Gasteiger partial charge >= 0.3 is 0 Å². The Morgan fingerprint density at radius 3 is 2.28 bits per heavy atom. The van der Waals surface area contributed by atoms with E-state index in [2.05, 4.69) is 12.2 Å². The molecule has 0 atom stereocenters. The van der Waals surface area contributed by atoms with Gasteiger partial charge in [0.2, 0.25) is 0 Å². The molecule has 0 unspecified atom stereocenters. The Kier molecular flexibility index (Phi) is 12.1. The molecule has 1 aliphatic rings. The van der Waals surface area contributed by atoms with Crippen LogP contribution in [0.1, 0.15) is 78.1 Å². The highest BCUT2D eigenvalue weighted by molar-refractivity contribution is 5.97. The summed E-state index contributed by atoms with van der Waals surface area (Å²) in [4.78, 5) is 13.4. The van der Waals surface area contributed by atoms with Gasteiger partial charge in [0.05, 0.1) is 0 Å². The van der Waals surface area contributed by atoms with Gasteiger partial charge in [-0.25, -0.2) is 0 Å². The number of unbranched alkanes of at least 4 members (excludes halogenated alkanes) is 9. The molecule has 1 rings (SSSR count). The van der Waals surface area contributed by atoms with Crippen LogP contribution in [0.2, 0.25) is 0 Å². The van der Waals surface area contributed by atoms with Gasteiger partial charge in [-0.15, -0.1) is 0 Å². The lowest BCUT2D eigenvalue weighted by molar-refractivity contribution is -0.232. The van der Waals surface area contributed by atoms with Gasteiger partial charge in [-0.1, -0.05) is 64.7 Å². The number of nitriles is 1. The molecule has 29 heavy (non-hydrogen) atoms. The van der Waals surface area contributed by atoms with Gasteiger partial charge in [0.1, 0.15) is 11.6 Å². The summed E-state index contributed by atoms with van der Waals surface area (Å²) in [5.41, 5.74) is -0.0439. The third-order valence-electron chi connectivity index (χ3n) is 5.00. The van der Waals surface area contributed by atoms with Crippen molar-refractivity contribution in [2.24, 2.45) is 0 Å². The molecule has 7 nitrogen and oxygen atoms in total. The summed E-state index contributed by atoms with van der Waals surface area (Å²) in [6.07, 6.45) is 15.0. The predicted octanol–water partition coefficient (Wildman–Crippen LogP) is 3.31. The highest BCUT2D eigenvalue weighted by Gasteiger charge is 2.40. The average molecular weight is 408 g/mol. The number of hydrogen-bond acceptors (Lipinski definition) is 6. The van der Waals surface area contributed by atoms with Crippen LogP contribution in [0.25, 0.3) is 0 Å². The van der Waals surface area contributed by atoms with Crippen LogP contribution in [0.3, 0.4) is 0 Å². The van der Waals surface area contributed by atoms with Crippen LogP contribution in [0.5, 0.6) is 0 Å². The third-order valence-corrected chi connectivity index (χ3v) is 5.00. The molecule has 0 radical (unpaired) electrons. The molecule has 1 saturated heterocycles. The molecule has 164 valence electrons. The molecule has 0 aromatic carbocycles. The average Bonchev–Trinajstić information content (AvgIpc) is 2.99. The third kappa shape index (κ3) is 9.33. The van der Waals surface area contributed by atoms with Crippen molar-refractivity contribution in [1.82, 2.24) is 10.2 Å². The number of allylic oxidation sites excluding steroid dienone is 2. The zero-order chi connectivity index (χ0) is 21.5. The summed E-state index contributed by atoms with van der Waals surface area (Å²) < 4.78 is 5.22. The van der Waals surface area contributed by atoms with Crippen LogP contribution in [0, 0.1) is 11.3 Å². The van der Waals surface area contributed by atoms with E-state index in [-0.39, 0.29) is 18.1 Å². The first-order chi connectivity index (χ1) is 14.0. The van der Waals surface area contributed by atoms with Crippen LogP contribution in [0.4, 0.5) is 0 Å². The van der Waals surface area contributed by atoms with Gasteiger partial charge in [-0.2, -0.15) is 5.26 Å². The number of nitrogens with zero attached hydrogens (tertiary/aromatic N) is 2. The zero-order valence-corrected chi connectivity index (χ0v) is 18.0. The van der Waals surface area contributed by atoms with E-state index >= 15 is 0 Å². The summed E-state index contributed by atoms with van der Waals surface area (Å²) in [6.45, 7) is 4.55. The Morgan fingerprint density at radius 2 is 1.72 bits per heavy atom. The number of likely N-dealkylation sites (N-methyl/N-ethyl adjacent to an activating group) is 1. The Morgan fingerprint density at radius 1 is 1.14 bits per heavy atom. The number of hydrogen-bond donors (Lipinski definition) is 3. The number of ether oxygens (including phenoxy) is 1. The van der Waals surface area contributed by atoms with Crippen molar-refractivity contribution in [2.75, 3.05) is 19.7 Å². The quantitative estimate of drug-likeness (QED) is 0.177. The molecule has 0 bridgehead atoms. The molecule has 1 amide bonds. The second kappa shape index (κ2) is 14.0. The number of carbonyl (C=O) groups is 1. The van der Waals surface area contributed by atoms with Crippen molar-refractivity contribution in [3.63, 3.8) is 0 Å². The van der Waals surface area contributed by atoms with E-state index in [1.54, 1.807) is 6.92 Å². The van der Waals surface area contributed by atoms with Crippen LogP contribution in [0.15, 0.2) is 23.6 Å². The molecule has 0 aromatic rings. The highest BCUT2D eigenvalue weighted by Crippen LogP contribution is 2.25. The van der Waals surface area contributed by atoms with Crippen molar-refractivity contribution in [3.8, 4) is 6.07 Å². The minimum absolute atomic E-state index is 0.0439. The molecular weight excluding hydrogens is 370 g/mol. The Hall–Kier alpha value is -2.04. The lowest BCUT2D eigenvalue weighted by Gasteiger charge is -2.25. The minimum Gasteiger partial charge on any atom is -0.471 e. The Balaban J connectivity index is 2.26. The molecule has 1 heterocycles. The number of rotatable bonds is 14. The summed E-state index contributed by atoms with van der Waals surface area (Å²) in [7, 11) is 0. The standard InChI is InChI=1S/C22H37N3O4/c1-3-5-6-7-8-9-10-11-12-13-16-24-21(26)19(17-23)14-15-20-25(4-2)22(27,28)18-29-20/h14-15,27-28H,3-13,16,18H2,1-2H3,(H,24,26)/b19-14-,20-15+. The van der Waals surface area contributed by atoms with E-state index in [9.17, 15) is 20.3 Å². The van der Waals surface area contributed by atoms with Crippen molar-refractivity contribution in [3.05, 3.63) is 23.6 Å². The summed E-state index contributed by atoms with van der Waals surface area (Å²) in [6, 6.07) is 1.87. The van der Waals surface area contributed by atoms with Gasteiger partial charge in [-0.3, -0.25) is 9.69 Å². The zero-order valence-electron chi connectivity index (χ0n) is 18.0. The van der Waals surface area contributed by atoms with E-state index in [4.69, 9.17) is 4.74 Å². The van der Waals surface area contributed by atoms with Crippen LogP contribution in [-0.2, 0) is 9.53 Å². The van der Waals surface area contributed by atoms with Gasteiger partial charge in [0.25, 0.3) is 11.8 Å². The Labute approximate surface area is 175 Å². The summed E-state index contributed by atoms with van der Waals surface area (Å²) in [5, 5.41) is 31.5. The first-order valence-electron chi connectivity index (χ1n) is 10.9. The molecule has 0 spiro atoms. The van der Waals surface area contributed by atoms with E-state index in [1.165, 1.54) is 68.4 Å². The minimum atomic E-state index is -2.07. The van der Waals surface area contributed by atoms with Gasteiger partial charge in [0, 0.05) is 13.1 Å². The fourth-order valence-corrected chi connectivity index (χ4v) is 3.28. The normalized spacial score (nSPS) is 17.3. The molecule has 0 aromatic heterocycles. The maximum Gasteiger partial charge on any atom is 0.285 e. The molecule has 3 N–H and O–H groups in total. The largest absolute Gasteiger partial charge is 0.471 e. The smallest absolute Gasteiger partial charge is 0.285 e. The fourth-order valence-electron chi connectivity index (χ4n) is 3.28. The SMILES string of the molecule is CCCCCCCCCCCCNC(=O)/C(C#N)=C\C=C1\OCC(O)(O)N1CC. The maximum absolute atomic E-state index is 12.1. The van der Waals surface area contributed by atoms with E-state index in [0.29, 0.717) is 13.1 Å². The van der Waals surface area contributed by atoms with Gasteiger partial charge in [0.15, 0.2) is 12.5 Å². The molecule has 0 saturated carbocycles. The lowest BCUT2D eigenvalue weighted by Crippen LogP contribution is -2.44. The van der Waals surface area contributed by atoms with E-state index < -0.39 is 11.8 Å². The first kappa shape index (κ1) is 25.0. The number of amides is 1. The predicted molar refractivity (Wildman–Crippen MR) is 112 cm³/mol. The number of aliphatic hydroxyl groups is 2. The van der Waals surface area contributed by atoms with E-state index in [1.807, 2.05) is 6.07 Å². The van der Waals surface area contributed by atoms with Crippen molar-refractivity contribution in [2.45, 2.75) is 84.0 Å². The second-order valence-corrected chi connectivity index (χ2v) is 7.44. The maximum atomic E-state index is 12.1. The van der Waals surface area contributed by atoms with Crippen LogP contribution >= 0.6 is 0 Å². The Bertz CT molecular complexity index is 593. The summed E-state index contributed by atoms with van der Waals surface area (Å²) >= 11 is 0. The number of nitrogens with one attached hydrogen (secondary N) is 1. The topological polar surface area (TPSA) is 106 Å². The number of carbonyl (C=O) groups excluding carboxylic acids is 1. The van der Waals surface area contributed by atoms with Crippen LogP contribution in [-0.4, -0.2) is 46.6 Å². The highest BCUT2D eigenvalue weighted by atomic mass is 16.6. The second-order valence-electron chi connectivity index (χ2n) is 7.44. The monoisotopic (exact) mass is 407 g/mol. The first-order valence-corrected chi connectivity index (χ1v) is 10.9. The summed E-state index contributed by atoms with van der Waals surface area (Å²) in [5.74, 6) is -2.28. The van der Waals surface area contributed by atoms with Gasteiger partial charge in [-0.05, 0) is 25.5 Å². The molecule has 0 aliphatic carbocycles. The van der Waals surface area contributed by atoms with E-state index in [0.717, 1.165) is 12.8 Å². The molecule has 1 aliphatic heterocycles. The molecule has 7 heteroatoms. The van der Waals surface area contributed by atoms with Gasteiger partial charge < -0.3 is 20.3 Å². The molecular formula is C22H37N3O4. The van der Waals surface area contributed by atoms with Crippen molar-refractivity contribution >= 4 is 5.91 Å². The van der Waals surface area contributed by atoms with Crippen molar-refractivity contribution in [1.29, 1.82) is 5.26 Å². The lowest BCUT2D eigenvalue weighted by atomic mass is 10.1. The van der Waals surface area contributed by atoms with Crippen molar-refractivity contribution < 1.29 is 19.7 Å².